The Morgan fingerprint density at radius 3 is 1.78 bits per heavy atom. The summed E-state index contributed by atoms with van der Waals surface area (Å²) < 4.78 is 11.6. The fraction of sp³-hybridized carbons (Fsp3) is 0.560. The molecule has 4 aromatic rings. The molecule has 0 fully saturated rings. The molecule has 1 aliphatic heterocycles. The minimum Gasteiger partial charge on any atom is -0.435 e. The number of amides is 3. The van der Waals surface area contributed by atoms with Gasteiger partial charge in [0, 0.05) is 63.8 Å². The number of imidazole rings is 1. The van der Waals surface area contributed by atoms with E-state index in [0.717, 1.165) is 39.1 Å². The molecule has 2 N–H and O–H groups in total. The molecular weight excluding hydrogens is 809 g/mol. The number of ether oxygens (including phenoxy) is 2. The van der Waals surface area contributed by atoms with E-state index in [4.69, 9.17) is 29.4 Å². The monoisotopic (exact) mass is 879 g/mol. The zero-order valence-electron chi connectivity index (χ0n) is 40.9. The van der Waals surface area contributed by atoms with Gasteiger partial charge in [0.15, 0.2) is 17.0 Å². The highest BCUT2D eigenvalue weighted by Gasteiger charge is 2.44. The fourth-order valence-corrected chi connectivity index (χ4v) is 8.35. The zero-order chi connectivity index (χ0) is 47.7. The van der Waals surface area contributed by atoms with Gasteiger partial charge in [-0.25, -0.2) is 14.6 Å². The van der Waals surface area contributed by atoms with Crippen molar-refractivity contribution < 1.29 is 28.7 Å². The van der Waals surface area contributed by atoms with Crippen molar-refractivity contribution >= 4 is 46.3 Å². The van der Waals surface area contributed by atoms with E-state index in [9.17, 15) is 19.2 Å². The third kappa shape index (κ3) is 11.5. The van der Waals surface area contributed by atoms with Gasteiger partial charge < -0.3 is 29.6 Å². The van der Waals surface area contributed by atoms with Crippen molar-refractivity contribution in [2.45, 2.75) is 132 Å². The van der Waals surface area contributed by atoms with E-state index < -0.39 is 34.8 Å². The van der Waals surface area contributed by atoms with Crippen LogP contribution in [0.5, 0.6) is 0 Å². The number of aromatic nitrogens is 4. The first-order valence-corrected chi connectivity index (χ1v) is 22.3. The summed E-state index contributed by atoms with van der Waals surface area (Å²) in [5, 5.41) is 3.22. The molecule has 64 heavy (non-hydrogen) atoms. The topological polar surface area (TPSA) is 172 Å². The highest BCUT2D eigenvalue weighted by Crippen LogP contribution is 2.41. The molecule has 346 valence electrons. The summed E-state index contributed by atoms with van der Waals surface area (Å²) in [5.74, 6) is 0.144. The molecule has 0 saturated carbocycles. The Bertz CT molecular complexity index is 2390. The number of benzene rings is 2. The normalized spacial score (nSPS) is 15.8. The molecule has 0 bridgehead atoms. The van der Waals surface area contributed by atoms with Gasteiger partial charge in [0.05, 0.1) is 46.5 Å². The number of H-pyrrole nitrogens is 1. The quantitative estimate of drug-likeness (QED) is 0.118. The predicted molar refractivity (Wildman–Crippen MR) is 253 cm³/mol. The van der Waals surface area contributed by atoms with E-state index >= 15 is 0 Å². The van der Waals surface area contributed by atoms with Gasteiger partial charge in [-0.05, 0) is 79.2 Å². The number of nitrogens with zero attached hydrogens (tertiary/aromatic N) is 6. The number of aliphatic imine (C=N–C) groups is 1. The number of carbonyl (C=O) groups excluding carboxylic acids is 4. The first-order valence-electron chi connectivity index (χ1n) is 22.3. The van der Waals surface area contributed by atoms with Crippen LogP contribution < -0.4 is 5.32 Å². The molecule has 2 aromatic heterocycles. The Morgan fingerprint density at radius 2 is 1.27 bits per heavy atom. The maximum atomic E-state index is 14.1. The van der Waals surface area contributed by atoms with Gasteiger partial charge in [0.2, 0.25) is 0 Å². The highest BCUT2D eigenvalue weighted by atomic mass is 16.6. The number of hydrogen-bond donors (Lipinski definition) is 2. The lowest BCUT2D eigenvalue weighted by molar-refractivity contribution is -0.141. The SMILES string of the molecule is CC(C)C[C@@](C)(OC(=O)N(C)C)C(=O)C[C@H](c1nc2ccc(-c3cnc(-c4ccc5c(c4)CC([C@@H](NC(=O)[C@@](C)(CC(C)C)OC(=O)N(C)C)C(C)(C)C)=N5)cn3)cc2[nH]1)C(C)(C)C. The van der Waals surface area contributed by atoms with Gasteiger partial charge in [-0.15, -0.1) is 0 Å². The van der Waals surface area contributed by atoms with E-state index in [1.54, 1.807) is 54.4 Å². The summed E-state index contributed by atoms with van der Waals surface area (Å²) in [5.41, 5.74) is 4.00. The van der Waals surface area contributed by atoms with Crippen molar-refractivity contribution in [2.75, 3.05) is 28.2 Å². The Labute approximate surface area is 379 Å². The number of Topliss-reactive ketones (excluding diaryl/α,β-unsaturated/α-hetero) is 1. The molecule has 0 saturated heterocycles. The molecule has 3 heterocycles. The number of fused-ring (bicyclic) bond motifs is 2. The number of nitrogens with one attached hydrogen (secondary N) is 2. The summed E-state index contributed by atoms with van der Waals surface area (Å²) in [6.07, 6.45) is 3.85. The average molecular weight is 879 g/mol. The molecule has 0 unspecified atom stereocenters. The Kier molecular flexibility index (Phi) is 14.5. The van der Waals surface area contributed by atoms with Gasteiger partial charge in [0.25, 0.3) is 5.91 Å². The van der Waals surface area contributed by atoms with Crippen molar-refractivity contribution in [3.8, 4) is 22.5 Å². The second kappa shape index (κ2) is 18.8. The summed E-state index contributed by atoms with van der Waals surface area (Å²) in [4.78, 5) is 79.1. The van der Waals surface area contributed by atoms with Crippen LogP contribution >= 0.6 is 0 Å². The van der Waals surface area contributed by atoms with Crippen LogP contribution in [0.15, 0.2) is 53.8 Å². The maximum absolute atomic E-state index is 14.1. The third-order valence-corrected chi connectivity index (χ3v) is 11.7. The Hall–Kier alpha value is -5.66. The van der Waals surface area contributed by atoms with Crippen LogP contribution in [0.25, 0.3) is 33.5 Å². The average Bonchev–Trinajstić information content (AvgIpc) is 3.80. The summed E-state index contributed by atoms with van der Waals surface area (Å²) in [6, 6.07) is 11.5. The lowest BCUT2D eigenvalue weighted by Gasteiger charge is -2.36. The van der Waals surface area contributed by atoms with Crippen LogP contribution in [0, 0.1) is 22.7 Å². The summed E-state index contributed by atoms with van der Waals surface area (Å²) >= 11 is 0. The number of aromatic amines is 1. The van der Waals surface area contributed by atoms with Gasteiger partial charge in [-0.2, -0.15) is 0 Å². The smallest absolute Gasteiger partial charge is 0.410 e. The number of hydrogen-bond acceptors (Lipinski definition) is 10. The summed E-state index contributed by atoms with van der Waals surface area (Å²) in [6.45, 7) is 23.8. The van der Waals surface area contributed by atoms with E-state index in [1.165, 1.54) is 9.80 Å². The molecule has 3 amide bonds. The van der Waals surface area contributed by atoms with Crippen molar-refractivity contribution in [3.63, 3.8) is 0 Å². The summed E-state index contributed by atoms with van der Waals surface area (Å²) in [7, 11) is 6.41. The van der Waals surface area contributed by atoms with Gasteiger partial charge in [0.1, 0.15) is 5.82 Å². The second-order valence-corrected chi connectivity index (χ2v) is 21.3. The molecule has 5 rings (SSSR count). The molecule has 2 aromatic carbocycles. The van der Waals surface area contributed by atoms with E-state index in [0.29, 0.717) is 36.5 Å². The lowest BCUT2D eigenvalue weighted by atomic mass is 9.74. The number of rotatable bonds is 15. The number of carbonyl (C=O) groups is 4. The molecule has 14 nitrogen and oxygen atoms in total. The minimum atomic E-state index is -1.37. The van der Waals surface area contributed by atoms with Crippen LogP contribution in [0.1, 0.15) is 120 Å². The van der Waals surface area contributed by atoms with E-state index in [-0.39, 0.29) is 41.3 Å². The van der Waals surface area contributed by atoms with Crippen LogP contribution in [0.3, 0.4) is 0 Å². The lowest BCUT2D eigenvalue weighted by Crippen LogP contribution is -2.57. The third-order valence-electron chi connectivity index (χ3n) is 11.7. The minimum absolute atomic E-state index is 0.106. The van der Waals surface area contributed by atoms with Crippen molar-refractivity contribution in [2.24, 2.45) is 27.7 Å². The zero-order valence-corrected chi connectivity index (χ0v) is 40.9. The molecule has 0 spiro atoms. The first kappa shape index (κ1) is 49.4. The van der Waals surface area contributed by atoms with Crippen molar-refractivity contribution in [1.82, 2.24) is 35.1 Å². The number of ketones is 1. The highest BCUT2D eigenvalue weighted by molar-refractivity contribution is 6.02. The van der Waals surface area contributed by atoms with E-state index in [2.05, 4.69) is 57.9 Å². The van der Waals surface area contributed by atoms with Gasteiger partial charge >= 0.3 is 12.2 Å². The van der Waals surface area contributed by atoms with Crippen LogP contribution in [0.2, 0.25) is 0 Å². The Balaban J connectivity index is 1.34. The molecule has 0 radical (unpaired) electrons. The fourth-order valence-electron chi connectivity index (χ4n) is 8.35. The predicted octanol–water partition coefficient (Wildman–Crippen LogP) is 9.94. The van der Waals surface area contributed by atoms with Crippen molar-refractivity contribution in [1.29, 1.82) is 0 Å². The van der Waals surface area contributed by atoms with Gasteiger partial charge in [-0.3, -0.25) is 24.5 Å². The molecule has 1 aliphatic rings. The largest absolute Gasteiger partial charge is 0.435 e. The molecular formula is C50H70N8O6. The standard InChI is InChI=1S/C50H70N8O6/c1-29(2)25-49(11,63-45(61)57(13)14)41(59)24-34(47(5,6)7)43-54-36-20-18-32(22-37(36)55-43)40-28-51-39(27-52-40)31-17-19-35-33(21-31)23-38(53-35)42(48(8,9)10)56-44(60)50(12,26-30(3)4)64-46(62)58(15)16/h17-22,27-30,34,42H,23-26H2,1-16H3,(H,54,55)(H,56,60)/t34-,42-,49-,50-/m1/s1. The van der Waals surface area contributed by atoms with Crippen LogP contribution in [0.4, 0.5) is 15.3 Å². The Morgan fingerprint density at radius 1 is 0.734 bits per heavy atom. The molecule has 14 heteroatoms. The van der Waals surface area contributed by atoms with Crippen molar-refractivity contribution in [3.05, 3.63) is 60.2 Å². The second-order valence-electron chi connectivity index (χ2n) is 21.3. The van der Waals surface area contributed by atoms with Gasteiger partial charge in [-0.1, -0.05) is 81.4 Å². The van der Waals surface area contributed by atoms with Crippen LogP contribution in [-0.2, 0) is 25.5 Å². The first-order chi connectivity index (χ1) is 29.6. The molecule has 4 atom stereocenters. The van der Waals surface area contributed by atoms with E-state index in [1.807, 2.05) is 58.0 Å². The maximum Gasteiger partial charge on any atom is 0.410 e. The molecule has 0 aliphatic carbocycles. The van der Waals surface area contributed by atoms with Crippen LogP contribution in [-0.4, -0.2) is 105 Å².